The Morgan fingerprint density at radius 1 is 0.438 bits per heavy atom. The third-order valence-corrected chi connectivity index (χ3v) is 9.73. The van der Waals surface area contributed by atoms with E-state index < -0.39 is 0 Å². The van der Waals surface area contributed by atoms with E-state index in [-0.39, 0.29) is 5.41 Å². The molecule has 0 fully saturated rings. The summed E-state index contributed by atoms with van der Waals surface area (Å²) in [6.07, 6.45) is 0. The number of furan rings is 1. The second kappa shape index (κ2) is 10.9. The van der Waals surface area contributed by atoms with Crippen molar-refractivity contribution in [1.29, 1.82) is 0 Å². The highest BCUT2D eigenvalue weighted by Gasteiger charge is 2.24. The van der Waals surface area contributed by atoms with Crippen molar-refractivity contribution in [3.63, 3.8) is 0 Å². The van der Waals surface area contributed by atoms with E-state index in [1.54, 1.807) is 0 Å². The standard InChI is InChI=1S/C46H35NO/c1-46(2,3)40-28-35-13-6-7-15-38(35)43-39-16-10-18-42(44(39)48-45(40)43)47-41-17-9-8-14-37(41)36-24-23-33-26-32(21-22-34(33)27-36)31-20-19-29-11-4-5-12-30(29)25-31/h4-28,47H,1-3H3. The normalized spacial score (nSPS) is 12.1. The minimum atomic E-state index is -0.0668. The fourth-order valence-electron chi connectivity index (χ4n) is 7.25. The molecule has 0 atom stereocenters. The molecule has 2 heteroatoms. The number of hydrogen-bond donors (Lipinski definition) is 1. The van der Waals surface area contributed by atoms with Crippen LogP contribution < -0.4 is 5.32 Å². The summed E-state index contributed by atoms with van der Waals surface area (Å²) in [5, 5.41) is 13.5. The van der Waals surface area contributed by atoms with Crippen LogP contribution >= 0.6 is 0 Å². The first-order valence-electron chi connectivity index (χ1n) is 16.7. The van der Waals surface area contributed by atoms with Gasteiger partial charge in [0.2, 0.25) is 0 Å². The monoisotopic (exact) mass is 617 g/mol. The Bertz CT molecular complexity index is 2690. The van der Waals surface area contributed by atoms with Crippen molar-refractivity contribution in [2.24, 2.45) is 0 Å². The molecule has 0 radical (unpaired) electrons. The second-order valence-corrected chi connectivity index (χ2v) is 13.9. The van der Waals surface area contributed by atoms with Crippen LogP contribution in [0.2, 0.25) is 0 Å². The molecule has 0 saturated carbocycles. The Balaban J connectivity index is 1.12. The van der Waals surface area contributed by atoms with Gasteiger partial charge in [0, 0.05) is 27.6 Å². The minimum absolute atomic E-state index is 0.0668. The minimum Gasteiger partial charge on any atom is -0.454 e. The van der Waals surface area contributed by atoms with E-state index in [1.807, 2.05) is 0 Å². The van der Waals surface area contributed by atoms with E-state index in [2.05, 4.69) is 178 Å². The van der Waals surface area contributed by atoms with Crippen LogP contribution in [0.25, 0.3) is 76.5 Å². The number of hydrogen-bond acceptors (Lipinski definition) is 2. The van der Waals surface area contributed by atoms with Gasteiger partial charge in [-0.25, -0.2) is 0 Å². The maximum atomic E-state index is 6.83. The fraction of sp³-hybridized carbons (Fsp3) is 0.0870. The van der Waals surface area contributed by atoms with Crippen LogP contribution in [0, 0.1) is 0 Å². The number of nitrogens with one attached hydrogen (secondary N) is 1. The van der Waals surface area contributed by atoms with Gasteiger partial charge in [0.05, 0.1) is 5.69 Å². The van der Waals surface area contributed by atoms with E-state index in [0.29, 0.717) is 0 Å². The van der Waals surface area contributed by atoms with Crippen LogP contribution in [0.5, 0.6) is 0 Å². The highest BCUT2D eigenvalue weighted by atomic mass is 16.3. The molecule has 48 heavy (non-hydrogen) atoms. The van der Waals surface area contributed by atoms with E-state index >= 15 is 0 Å². The lowest BCUT2D eigenvalue weighted by molar-refractivity contribution is 0.574. The molecule has 2 nitrogen and oxygen atoms in total. The third-order valence-electron chi connectivity index (χ3n) is 9.73. The fourth-order valence-corrected chi connectivity index (χ4v) is 7.25. The van der Waals surface area contributed by atoms with Crippen molar-refractivity contribution in [1.82, 2.24) is 0 Å². The molecule has 1 heterocycles. The number of benzene rings is 8. The summed E-state index contributed by atoms with van der Waals surface area (Å²) in [6, 6.07) is 54.7. The lowest BCUT2D eigenvalue weighted by Crippen LogP contribution is -2.11. The molecule has 0 aliphatic carbocycles. The molecule has 1 aromatic heterocycles. The summed E-state index contributed by atoms with van der Waals surface area (Å²) >= 11 is 0. The van der Waals surface area contributed by atoms with Crippen LogP contribution in [-0.4, -0.2) is 0 Å². The number of rotatable bonds is 4. The van der Waals surface area contributed by atoms with Gasteiger partial charge in [-0.1, -0.05) is 136 Å². The molecule has 0 bridgehead atoms. The highest BCUT2D eigenvalue weighted by Crippen LogP contribution is 2.44. The third kappa shape index (κ3) is 4.72. The number of para-hydroxylation sites is 2. The molecule has 1 N–H and O–H groups in total. The topological polar surface area (TPSA) is 25.2 Å². The van der Waals surface area contributed by atoms with Crippen molar-refractivity contribution < 1.29 is 4.42 Å². The van der Waals surface area contributed by atoms with Crippen molar-refractivity contribution >= 4 is 65.6 Å². The predicted molar refractivity (Wildman–Crippen MR) is 206 cm³/mol. The van der Waals surface area contributed by atoms with E-state index in [1.165, 1.54) is 60.0 Å². The molecule has 0 unspecified atom stereocenters. The summed E-state index contributed by atoms with van der Waals surface area (Å²) in [7, 11) is 0. The zero-order valence-electron chi connectivity index (χ0n) is 27.3. The maximum Gasteiger partial charge on any atom is 0.158 e. The lowest BCUT2D eigenvalue weighted by Gasteiger charge is -2.20. The molecule has 0 amide bonds. The van der Waals surface area contributed by atoms with Crippen LogP contribution in [0.1, 0.15) is 26.3 Å². The van der Waals surface area contributed by atoms with Crippen LogP contribution in [0.15, 0.2) is 156 Å². The van der Waals surface area contributed by atoms with Gasteiger partial charge in [0.25, 0.3) is 0 Å². The molecule has 0 saturated heterocycles. The summed E-state index contributed by atoms with van der Waals surface area (Å²) in [4.78, 5) is 0. The predicted octanol–water partition coefficient (Wildman–Crippen LogP) is 13.4. The van der Waals surface area contributed by atoms with Crippen molar-refractivity contribution in [3.8, 4) is 22.3 Å². The Hall–Kier alpha value is -5.86. The van der Waals surface area contributed by atoms with Gasteiger partial charge in [-0.05, 0) is 90.8 Å². The first-order valence-corrected chi connectivity index (χ1v) is 16.7. The van der Waals surface area contributed by atoms with Crippen LogP contribution in [0.4, 0.5) is 11.4 Å². The van der Waals surface area contributed by atoms with Crippen LogP contribution in [0.3, 0.4) is 0 Å². The highest BCUT2D eigenvalue weighted by molar-refractivity contribution is 6.21. The quantitative estimate of drug-likeness (QED) is 0.213. The smallest absolute Gasteiger partial charge is 0.158 e. The zero-order chi connectivity index (χ0) is 32.4. The van der Waals surface area contributed by atoms with Crippen molar-refractivity contribution in [2.75, 3.05) is 5.32 Å². The van der Waals surface area contributed by atoms with E-state index in [0.717, 1.165) is 33.5 Å². The van der Waals surface area contributed by atoms with Gasteiger partial charge < -0.3 is 9.73 Å². The summed E-state index contributed by atoms with van der Waals surface area (Å²) in [5.74, 6) is 0. The first kappa shape index (κ1) is 28.4. The summed E-state index contributed by atoms with van der Waals surface area (Å²) in [6.45, 7) is 6.77. The van der Waals surface area contributed by atoms with Crippen molar-refractivity contribution in [2.45, 2.75) is 26.2 Å². The first-order chi connectivity index (χ1) is 23.4. The molecular weight excluding hydrogens is 583 g/mol. The SMILES string of the molecule is CC(C)(C)c1cc2ccccc2c2c1oc1c(Nc3ccccc3-c3ccc4cc(-c5ccc6ccccc6c5)ccc4c3)cccc12. The van der Waals surface area contributed by atoms with Gasteiger partial charge in [-0.15, -0.1) is 0 Å². The average Bonchev–Trinajstić information content (AvgIpc) is 3.51. The van der Waals surface area contributed by atoms with Gasteiger partial charge >= 0.3 is 0 Å². The van der Waals surface area contributed by atoms with Gasteiger partial charge in [0.15, 0.2) is 5.58 Å². The Morgan fingerprint density at radius 2 is 1.00 bits per heavy atom. The Labute approximate surface area is 280 Å². The summed E-state index contributed by atoms with van der Waals surface area (Å²) < 4.78 is 6.83. The lowest BCUT2D eigenvalue weighted by atomic mass is 9.84. The second-order valence-electron chi connectivity index (χ2n) is 13.9. The largest absolute Gasteiger partial charge is 0.454 e. The zero-order valence-corrected chi connectivity index (χ0v) is 27.3. The Kier molecular flexibility index (Phi) is 6.42. The average molecular weight is 618 g/mol. The Morgan fingerprint density at radius 3 is 1.77 bits per heavy atom. The van der Waals surface area contributed by atoms with Gasteiger partial charge in [-0.2, -0.15) is 0 Å². The molecule has 0 aliphatic heterocycles. The molecular formula is C46H35NO. The maximum absolute atomic E-state index is 6.83. The van der Waals surface area contributed by atoms with Gasteiger partial charge in [0.1, 0.15) is 5.58 Å². The van der Waals surface area contributed by atoms with E-state index in [4.69, 9.17) is 4.42 Å². The summed E-state index contributed by atoms with van der Waals surface area (Å²) in [5.41, 5.74) is 9.77. The molecule has 9 aromatic rings. The number of fused-ring (bicyclic) bond motifs is 7. The number of anilines is 2. The van der Waals surface area contributed by atoms with E-state index in [9.17, 15) is 0 Å². The van der Waals surface area contributed by atoms with Gasteiger partial charge in [-0.3, -0.25) is 0 Å². The molecule has 230 valence electrons. The molecule has 8 aromatic carbocycles. The molecule has 0 aliphatic rings. The van der Waals surface area contributed by atoms with Crippen LogP contribution in [-0.2, 0) is 5.41 Å². The molecule has 0 spiro atoms. The van der Waals surface area contributed by atoms with Crippen molar-refractivity contribution in [3.05, 3.63) is 157 Å². The molecule has 9 rings (SSSR count).